The maximum Gasteiger partial charge on any atom is 0.256 e. The summed E-state index contributed by atoms with van der Waals surface area (Å²) in [6, 6.07) is 9.92. The van der Waals surface area contributed by atoms with Crippen molar-refractivity contribution >= 4 is 41.6 Å². The number of carbonyl (C=O) groups is 1. The van der Waals surface area contributed by atoms with E-state index in [0.29, 0.717) is 12.1 Å². The normalized spacial score (nSPS) is 17.0. The average Bonchev–Trinajstić information content (AvgIpc) is 2.94. The number of nitrogens with two attached hydrogens (primary N) is 1. The van der Waals surface area contributed by atoms with Gasteiger partial charge in [0.2, 0.25) is 0 Å². The lowest BCUT2D eigenvalue weighted by Gasteiger charge is -2.24. The minimum atomic E-state index is 0. The highest BCUT2D eigenvalue weighted by Gasteiger charge is 2.29. The zero-order valence-electron chi connectivity index (χ0n) is 12.5. The first kappa shape index (κ1) is 18.7. The highest BCUT2D eigenvalue weighted by atomic mass is 35.5. The van der Waals surface area contributed by atoms with Crippen LogP contribution in [0.1, 0.15) is 28.9 Å². The number of hydrogen-bond acceptors (Lipinski definition) is 3. The Morgan fingerprint density at radius 2 is 2.09 bits per heavy atom. The van der Waals surface area contributed by atoms with Gasteiger partial charge in [0.1, 0.15) is 0 Å². The van der Waals surface area contributed by atoms with Crippen LogP contribution in [0, 0.1) is 6.92 Å². The van der Waals surface area contributed by atoms with Gasteiger partial charge in [-0.1, -0.05) is 18.2 Å². The molecule has 0 aliphatic carbocycles. The molecule has 1 saturated heterocycles. The summed E-state index contributed by atoms with van der Waals surface area (Å²) in [5.74, 6) is 0.0571. The second-order valence-corrected chi connectivity index (χ2v) is 5.36. The van der Waals surface area contributed by atoms with Gasteiger partial charge in [-0.15, -0.1) is 24.8 Å². The number of benzene rings is 1. The van der Waals surface area contributed by atoms with Gasteiger partial charge < -0.3 is 10.6 Å². The molecule has 1 unspecified atom stereocenters. The second-order valence-electron chi connectivity index (χ2n) is 5.36. The first-order valence-corrected chi connectivity index (χ1v) is 7.08. The van der Waals surface area contributed by atoms with E-state index in [0.717, 1.165) is 36.0 Å². The van der Waals surface area contributed by atoms with Gasteiger partial charge in [0.25, 0.3) is 5.91 Å². The van der Waals surface area contributed by atoms with E-state index in [1.807, 2.05) is 42.2 Å². The number of amides is 1. The minimum Gasteiger partial charge on any atom is -0.334 e. The van der Waals surface area contributed by atoms with Crippen LogP contribution in [-0.4, -0.2) is 34.9 Å². The highest BCUT2D eigenvalue weighted by Crippen LogP contribution is 2.23. The molecule has 2 heterocycles. The number of hydrogen-bond donors (Lipinski definition) is 1. The number of rotatable bonds is 2. The van der Waals surface area contributed by atoms with Crippen molar-refractivity contribution in [3.63, 3.8) is 0 Å². The van der Waals surface area contributed by atoms with E-state index in [9.17, 15) is 4.79 Å². The van der Waals surface area contributed by atoms with Gasteiger partial charge in [-0.05, 0) is 31.9 Å². The number of pyridine rings is 1. The van der Waals surface area contributed by atoms with Gasteiger partial charge in [-0.3, -0.25) is 9.78 Å². The number of nitrogens with zero attached hydrogens (tertiary/aromatic N) is 2. The maximum atomic E-state index is 12.8. The summed E-state index contributed by atoms with van der Waals surface area (Å²) in [4.78, 5) is 19.2. The zero-order valence-corrected chi connectivity index (χ0v) is 14.1. The highest BCUT2D eigenvalue weighted by molar-refractivity contribution is 6.05. The molecule has 0 spiro atoms. The Morgan fingerprint density at radius 1 is 1.32 bits per heavy atom. The summed E-state index contributed by atoms with van der Waals surface area (Å²) in [7, 11) is 0. The van der Waals surface area contributed by atoms with Crippen LogP contribution < -0.4 is 5.73 Å². The smallest absolute Gasteiger partial charge is 0.256 e. The van der Waals surface area contributed by atoms with E-state index >= 15 is 0 Å². The quantitative estimate of drug-likeness (QED) is 0.913. The van der Waals surface area contributed by atoms with Crippen molar-refractivity contribution in [2.24, 2.45) is 5.73 Å². The molecule has 2 N–H and O–H groups in total. The maximum absolute atomic E-state index is 12.8. The number of aromatic nitrogens is 1. The number of aryl methyl sites for hydroxylation is 1. The van der Waals surface area contributed by atoms with Crippen LogP contribution in [-0.2, 0) is 0 Å². The summed E-state index contributed by atoms with van der Waals surface area (Å²) in [6.45, 7) is 3.27. The Balaban J connectivity index is 0.00000121. The lowest BCUT2D eigenvalue weighted by Crippen LogP contribution is -2.40. The van der Waals surface area contributed by atoms with E-state index in [-0.39, 0.29) is 36.8 Å². The number of para-hydroxylation sites is 1. The Bertz CT molecular complexity index is 663. The summed E-state index contributed by atoms with van der Waals surface area (Å²) in [5.41, 5.74) is 8.17. The predicted octanol–water partition coefficient (Wildman–Crippen LogP) is 2.95. The van der Waals surface area contributed by atoms with Crippen molar-refractivity contribution in [2.45, 2.75) is 25.8 Å². The van der Waals surface area contributed by atoms with E-state index in [1.165, 1.54) is 0 Å². The summed E-state index contributed by atoms with van der Waals surface area (Å²) in [5, 5.41) is 1.00. The number of halogens is 2. The molecule has 0 radical (unpaired) electrons. The molecule has 0 bridgehead atoms. The molecule has 1 fully saturated rings. The van der Waals surface area contributed by atoms with Crippen LogP contribution in [0.3, 0.4) is 0 Å². The third-order valence-electron chi connectivity index (χ3n) is 4.00. The van der Waals surface area contributed by atoms with E-state index in [2.05, 4.69) is 4.98 Å². The van der Waals surface area contributed by atoms with E-state index in [1.54, 1.807) is 0 Å². The molecule has 1 amide bonds. The molecule has 22 heavy (non-hydrogen) atoms. The Kier molecular flexibility index (Phi) is 6.60. The van der Waals surface area contributed by atoms with Gasteiger partial charge >= 0.3 is 0 Å². The molecule has 1 atom stereocenters. The van der Waals surface area contributed by atoms with Gasteiger partial charge in [0, 0.05) is 30.2 Å². The standard InChI is InChI=1S/C16H19N3O.2ClH/c1-11-7-8-12-4-2-6-14(15(12)18-11)16(20)19-9-3-5-13(19)10-17;;/h2,4,6-8,13H,3,5,9-10,17H2,1H3;2*1H. The topological polar surface area (TPSA) is 59.2 Å². The fourth-order valence-electron chi connectivity index (χ4n) is 2.92. The first-order chi connectivity index (χ1) is 9.70. The van der Waals surface area contributed by atoms with Crippen molar-refractivity contribution in [1.82, 2.24) is 9.88 Å². The van der Waals surface area contributed by atoms with Gasteiger partial charge in [-0.2, -0.15) is 0 Å². The van der Waals surface area contributed by atoms with Crippen molar-refractivity contribution in [3.8, 4) is 0 Å². The van der Waals surface area contributed by atoms with Crippen molar-refractivity contribution in [3.05, 3.63) is 41.6 Å². The molecule has 1 aromatic heterocycles. The minimum absolute atomic E-state index is 0. The third kappa shape index (κ3) is 3.35. The summed E-state index contributed by atoms with van der Waals surface area (Å²) < 4.78 is 0. The first-order valence-electron chi connectivity index (χ1n) is 7.08. The van der Waals surface area contributed by atoms with E-state index in [4.69, 9.17) is 5.73 Å². The molecule has 1 aliphatic heterocycles. The Morgan fingerprint density at radius 3 is 2.82 bits per heavy atom. The van der Waals surface area contributed by atoms with Crippen LogP contribution in [0.5, 0.6) is 0 Å². The molecule has 4 nitrogen and oxygen atoms in total. The van der Waals surface area contributed by atoms with Crippen LogP contribution in [0.2, 0.25) is 0 Å². The summed E-state index contributed by atoms with van der Waals surface area (Å²) in [6.07, 6.45) is 2.03. The zero-order chi connectivity index (χ0) is 14.1. The van der Waals surface area contributed by atoms with Gasteiger partial charge in [0.15, 0.2) is 0 Å². The van der Waals surface area contributed by atoms with Crippen molar-refractivity contribution in [1.29, 1.82) is 0 Å². The Labute approximate surface area is 142 Å². The van der Waals surface area contributed by atoms with Gasteiger partial charge in [0.05, 0.1) is 11.1 Å². The fraction of sp³-hybridized carbons (Fsp3) is 0.375. The summed E-state index contributed by atoms with van der Waals surface area (Å²) >= 11 is 0. The van der Waals surface area contributed by atoms with Crippen molar-refractivity contribution < 1.29 is 4.79 Å². The molecule has 1 aromatic carbocycles. The molecular formula is C16H21Cl2N3O. The molecule has 120 valence electrons. The number of fused-ring (bicyclic) bond motifs is 1. The van der Waals surface area contributed by atoms with Crippen LogP contribution in [0.15, 0.2) is 30.3 Å². The number of carbonyl (C=O) groups excluding carboxylic acids is 1. The molecule has 1 aliphatic rings. The molecule has 0 saturated carbocycles. The lowest BCUT2D eigenvalue weighted by molar-refractivity contribution is 0.0743. The Hall–Kier alpha value is -1.36. The molecule has 6 heteroatoms. The van der Waals surface area contributed by atoms with Gasteiger partial charge in [-0.25, -0.2) is 0 Å². The lowest BCUT2D eigenvalue weighted by atomic mass is 10.1. The van der Waals surface area contributed by atoms with E-state index < -0.39 is 0 Å². The molecule has 3 rings (SSSR count). The van der Waals surface area contributed by atoms with Crippen LogP contribution in [0.25, 0.3) is 10.9 Å². The fourth-order valence-corrected chi connectivity index (χ4v) is 2.92. The van der Waals surface area contributed by atoms with Crippen LogP contribution >= 0.6 is 24.8 Å². The van der Waals surface area contributed by atoms with Crippen LogP contribution in [0.4, 0.5) is 0 Å². The third-order valence-corrected chi connectivity index (χ3v) is 4.00. The largest absolute Gasteiger partial charge is 0.334 e. The molecular weight excluding hydrogens is 321 g/mol. The predicted molar refractivity (Wildman–Crippen MR) is 94.1 cm³/mol. The average molecular weight is 342 g/mol. The SMILES string of the molecule is Cc1ccc2cccc(C(=O)N3CCCC3CN)c2n1.Cl.Cl. The monoisotopic (exact) mass is 341 g/mol. The van der Waals surface area contributed by atoms with Crippen molar-refractivity contribution in [2.75, 3.05) is 13.1 Å². The number of likely N-dealkylation sites (tertiary alicyclic amines) is 1. The second kappa shape index (κ2) is 7.77. The molecule has 2 aromatic rings.